The van der Waals surface area contributed by atoms with Crippen molar-refractivity contribution in [2.45, 2.75) is 27.2 Å². The maximum atomic E-state index is 8.94. The van der Waals surface area contributed by atoms with Crippen LogP contribution in [0.2, 0.25) is 0 Å². The van der Waals surface area contributed by atoms with Gasteiger partial charge in [-0.05, 0) is 37.5 Å². The molecule has 1 N–H and O–H groups in total. The smallest absolute Gasteiger partial charge is 0.228 e. The molecular formula is C15H16N4. The Labute approximate surface area is 113 Å². The third-order valence-corrected chi connectivity index (χ3v) is 2.95. The van der Waals surface area contributed by atoms with E-state index < -0.39 is 0 Å². The van der Waals surface area contributed by atoms with Crippen molar-refractivity contribution in [2.24, 2.45) is 0 Å². The Morgan fingerprint density at radius 3 is 2.74 bits per heavy atom. The van der Waals surface area contributed by atoms with Gasteiger partial charge in [0.05, 0.1) is 0 Å². The molecule has 1 aromatic carbocycles. The summed E-state index contributed by atoms with van der Waals surface area (Å²) in [5.74, 6) is 0.473. The zero-order valence-electron chi connectivity index (χ0n) is 11.4. The first kappa shape index (κ1) is 13.0. The number of nitrogens with zero attached hydrogens (tertiary/aromatic N) is 3. The number of rotatable bonds is 3. The third-order valence-electron chi connectivity index (χ3n) is 2.95. The van der Waals surface area contributed by atoms with Gasteiger partial charge in [0.1, 0.15) is 11.8 Å². The molecule has 0 bridgehead atoms. The van der Waals surface area contributed by atoms with E-state index in [1.807, 2.05) is 32.0 Å². The molecule has 0 saturated heterocycles. The van der Waals surface area contributed by atoms with E-state index in [4.69, 9.17) is 5.26 Å². The van der Waals surface area contributed by atoms with E-state index in [1.54, 1.807) is 6.07 Å². The van der Waals surface area contributed by atoms with Gasteiger partial charge in [0.15, 0.2) is 0 Å². The van der Waals surface area contributed by atoms with Crippen molar-refractivity contribution in [3.05, 3.63) is 46.8 Å². The Bertz CT molecular complexity index is 641. The topological polar surface area (TPSA) is 61.6 Å². The van der Waals surface area contributed by atoms with Crippen molar-refractivity contribution >= 4 is 11.6 Å². The molecule has 0 amide bonds. The van der Waals surface area contributed by atoms with Crippen LogP contribution in [0.15, 0.2) is 24.3 Å². The van der Waals surface area contributed by atoms with Crippen LogP contribution in [0.25, 0.3) is 0 Å². The van der Waals surface area contributed by atoms with Gasteiger partial charge in [-0.3, -0.25) is 0 Å². The van der Waals surface area contributed by atoms with E-state index >= 15 is 0 Å². The number of nitrogens with one attached hydrogen (secondary N) is 1. The molecule has 0 spiro atoms. The van der Waals surface area contributed by atoms with Gasteiger partial charge in [0, 0.05) is 11.4 Å². The number of hydrogen-bond donors (Lipinski definition) is 1. The summed E-state index contributed by atoms with van der Waals surface area (Å²) in [7, 11) is 0. The third kappa shape index (κ3) is 2.89. The lowest BCUT2D eigenvalue weighted by atomic mass is 10.1. The van der Waals surface area contributed by atoms with Gasteiger partial charge in [-0.25, -0.2) is 9.97 Å². The Kier molecular flexibility index (Phi) is 3.76. The molecule has 0 radical (unpaired) electrons. The van der Waals surface area contributed by atoms with Crippen LogP contribution in [-0.4, -0.2) is 9.97 Å². The summed E-state index contributed by atoms with van der Waals surface area (Å²) in [6.45, 7) is 6.01. The van der Waals surface area contributed by atoms with E-state index in [-0.39, 0.29) is 0 Å². The van der Waals surface area contributed by atoms with Crippen molar-refractivity contribution < 1.29 is 0 Å². The molecule has 19 heavy (non-hydrogen) atoms. The summed E-state index contributed by atoms with van der Waals surface area (Å²) in [6.07, 6.45) is 0.931. The average Bonchev–Trinajstić information content (AvgIpc) is 2.40. The zero-order valence-corrected chi connectivity index (χ0v) is 11.4. The maximum Gasteiger partial charge on any atom is 0.228 e. The molecule has 0 saturated carbocycles. The molecule has 0 atom stereocenters. The van der Waals surface area contributed by atoms with E-state index in [2.05, 4.69) is 28.3 Å². The Balaban J connectivity index is 2.42. The van der Waals surface area contributed by atoms with Gasteiger partial charge in [-0.15, -0.1) is 0 Å². The highest BCUT2D eigenvalue weighted by Crippen LogP contribution is 2.24. The number of para-hydroxylation sites is 1. The second-order valence-corrected chi connectivity index (χ2v) is 4.42. The molecule has 2 aromatic rings. The largest absolute Gasteiger partial charge is 0.324 e. The minimum absolute atomic E-state index is 0.377. The summed E-state index contributed by atoms with van der Waals surface area (Å²) in [4.78, 5) is 8.50. The highest BCUT2D eigenvalue weighted by molar-refractivity contribution is 5.63. The molecule has 96 valence electrons. The first-order valence-corrected chi connectivity index (χ1v) is 6.25. The molecule has 0 fully saturated rings. The molecule has 1 aromatic heterocycles. The van der Waals surface area contributed by atoms with Crippen LogP contribution < -0.4 is 5.32 Å². The molecule has 2 rings (SSSR count). The van der Waals surface area contributed by atoms with Gasteiger partial charge in [0.25, 0.3) is 0 Å². The van der Waals surface area contributed by atoms with Crippen molar-refractivity contribution in [1.29, 1.82) is 5.26 Å². The number of aryl methyl sites for hydroxylation is 3. The van der Waals surface area contributed by atoms with Crippen LogP contribution in [0.3, 0.4) is 0 Å². The monoisotopic (exact) mass is 252 g/mol. The van der Waals surface area contributed by atoms with E-state index in [0.29, 0.717) is 11.6 Å². The van der Waals surface area contributed by atoms with E-state index in [1.165, 1.54) is 5.56 Å². The standard InChI is InChI=1S/C15H16N4/c1-4-12-7-5-6-10(2)14(12)19-15-17-11(3)8-13(9-16)18-15/h5-8H,4H2,1-3H3,(H,17,18,19). The zero-order chi connectivity index (χ0) is 13.8. The molecule has 1 heterocycles. The lowest BCUT2D eigenvalue weighted by Gasteiger charge is -2.13. The van der Waals surface area contributed by atoms with Crippen molar-refractivity contribution in [3.8, 4) is 6.07 Å². The summed E-state index contributed by atoms with van der Waals surface area (Å²) >= 11 is 0. The highest BCUT2D eigenvalue weighted by atomic mass is 15.1. The van der Waals surface area contributed by atoms with E-state index in [0.717, 1.165) is 23.4 Å². The SMILES string of the molecule is CCc1cccc(C)c1Nc1nc(C)cc(C#N)n1. The van der Waals surface area contributed by atoms with Crippen LogP contribution in [-0.2, 0) is 6.42 Å². The van der Waals surface area contributed by atoms with Gasteiger partial charge in [-0.1, -0.05) is 25.1 Å². The second-order valence-electron chi connectivity index (χ2n) is 4.42. The highest BCUT2D eigenvalue weighted by Gasteiger charge is 2.07. The normalized spacial score (nSPS) is 10.0. The second kappa shape index (κ2) is 5.49. The maximum absolute atomic E-state index is 8.94. The summed E-state index contributed by atoms with van der Waals surface area (Å²) in [5, 5.41) is 12.2. The summed E-state index contributed by atoms with van der Waals surface area (Å²) in [6, 6.07) is 9.88. The number of aromatic nitrogens is 2. The van der Waals surface area contributed by atoms with E-state index in [9.17, 15) is 0 Å². The molecule has 4 nitrogen and oxygen atoms in total. The first-order chi connectivity index (χ1) is 9.13. The lowest BCUT2D eigenvalue weighted by molar-refractivity contribution is 1.07. The summed E-state index contributed by atoms with van der Waals surface area (Å²) < 4.78 is 0. The number of nitriles is 1. The van der Waals surface area contributed by atoms with Crippen LogP contribution in [0.1, 0.15) is 29.4 Å². The quantitative estimate of drug-likeness (QED) is 0.910. The van der Waals surface area contributed by atoms with Crippen molar-refractivity contribution in [1.82, 2.24) is 9.97 Å². The average molecular weight is 252 g/mol. The van der Waals surface area contributed by atoms with Gasteiger partial charge in [-0.2, -0.15) is 5.26 Å². The Morgan fingerprint density at radius 2 is 2.05 bits per heavy atom. The molecule has 0 aliphatic carbocycles. The predicted molar refractivity (Wildman–Crippen MR) is 75.3 cm³/mol. The lowest BCUT2D eigenvalue weighted by Crippen LogP contribution is -2.03. The molecule has 4 heteroatoms. The van der Waals surface area contributed by atoms with Crippen LogP contribution in [0, 0.1) is 25.2 Å². The van der Waals surface area contributed by atoms with Gasteiger partial charge >= 0.3 is 0 Å². The molecular weight excluding hydrogens is 236 g/mol. The van der Waals surface area contributed by atoms with Crippen LogP contribution in [0.5, 0.6) is 0 Å². The van der Waals surface area contributed by atoms with Crippen LogP contribution in [0.4, 0.5) is 11.6 Å². The number of hydrogen-bond acceptors (Lipinski definition) is 4. The minimum Gasteiger partial charge on any atom is -0.324 e. The molecule has 0 unspecified atom stereocenters. The Morgan fingerprint density at radius 1 is 1.26 bits per heavy atom. The fourth-order valence-electron chi connectivity index (χ4n) is 2.00. The van der Waals surface area contributed by atoms with Gasteiger partial charge < -0.3 is 5.32 Å². The molecule has 0 aliphatic rings. The number of benzene rings is 1. The summed E-state index contributed by atoms with van der Waals surface area (Å²) in [5.41, 5.74) is 4.54. The minimum atomic E-state index is 0.377. The fraction of sp³-hybridized carbons (Fsp3) is 0.267. The Hall–Kier alpha value is -2.41. The van der Waals surface area contributed by atoms with Crippen LogP contribution >= 0.6 is 0 Å². The predicted octanol–water partition coefficient (Wildman–Crippen LogP) is 3.27. The van der Waals surface area contributed by atoms with Gasteiger partial charge in [0.2, 0.25) is 5.95 Å². The first-order valence-electron chi connectivity index (χ1n) is 6.25. The van der Waals surface area contributed by atoms with Crippen molar-refractivity contribution in [3.63, 3.8) is 0 Å². The molecule has 0 aliphatic heterocycles. The fourth-order valence-corrected chi connectivity index (χ4v) is 2.00. The number of anilines is 2. The van der Waals surface area contributed by atoms with Crippen molar-refractivity contribution in [2.75, 3.05) is 5.32 Å².